The van der Waals surface area contributed by atoms with E-state index in [-0.39, 0.29) is 24.0 Å². The molecule has 0 aliphatic carbocycles. The molecule has 0 spiro atoms. The van der Waals surface area contributed by atoms with E-state index < -0.39 is 0 Å². The number of aryl methyl sites for hydroxylation is 1. The number of halogens is 1. The molecular weight excluding hydrogens is 417 g/mol. The Kier molecular flexibility index (Phi) is 9.21. The van der Waals surface area contributed by atoms with E-state index in [1.54, 1.807) is 7.05 Å². The van der Waals surface area contributed by atoms with Crippen molar-refractivity contribution in [2.24, 2.45) is 4.99 Å². The van der Waals surface area contributed by atoms with Crippen molar-refractivity contribution in [2.75, 3.05) is 33.8 Å². The van der Waals surface area contributed by atoms with Gasteiger partial charge in [-0.1, -0.05) is 18.2 Å². The number of ether oxygens (including phenoxy) is 1. The Bertz CT molecular complexity index is 614. The number of aromatic nitrogens is 2. The van der Waals surface area contributed by atoms with Gasteiger partial charge in [0.2, 0.25) is 0 Å². The molecule has 2 rings (SSSR count). The number of nitrogens with zero attached hydrogens (tertiary/aromatic N) is 4. The highest BCUT2D eigenvalue weighted by Crippen LogP contribution is 2.07. The summed E-state index contributed by atoms with van der Waals surface area (Å²) in [6, 6.07) is 9.83. The average molecular weight is 443 g/mol. The quantitative estimate of drug-likeness (QED) is 0.406. The van der Waals surface area contributed by atoms with Crippen LogP contribution in [-0.2, 0) is 6.54 Å². The topological polar surface area (TPSA) is 54.7 Å². The average Bonchev–Trinajstić information content (AvgIpc) is 2.98. The number of likely N-dealkylation sites (N-methyl/N-ethyl adjacent to an activating group) is 1. The number of nitrogens with one attached hydrogen (secondary N) is 1. The number of guanidine groups is 1. The van der Waals surface area contributed by atoms with Crippen LogP contribution in [0.5, 0.6) is 5.75 Å². The predicted octanol–water partition coefficient (Wildman–Crippen LogP) is 2.40. The van der Waals surface area contributed by atoms with Gasteiger partial charge < -0.3 is 15.0 Å². The maximum atomic E-state index is 5.71. The van der Waals surface area contributed by atoms with E-state index >= 15 is 0 Å². The summed E-state index contributed by atoms with van der Waals surface area (Å²) in [5, 5.41) is 7.60. The van der Waals surface area contributed by atoms with Crippen molar-refractivity contribution in [3.8, 4) is 5.75 Å². The summed E-state index contributed by atoms with van der Waals surface area (Å²) in [7, 11) is 3.79. The third-order valence-corrected chi connectivity index (χ3v) is 3.40. The van der Waals surface area contributed by atoms with Gasteiger partial charge in [-0.05, 0) is 24.6 Å². The maximum Gasteiger partial charge on any atom is 0.193 e. The Balaban J connectivity index is 0.00000288. The molecule has 24 heavy (non-hydrogen) atoms. The monoisotopic (exact) mass is 443 g/mol. The second-order valence-electron chi connectivity index (χ2n) is 5.34. The number of rotatable bonds is 7. The SMILES string of the molecule is CN=C(NCCn1cc(C)cn1)N(C)CCOc1ccccc1.I. The highest BCUT2D eigenvalue weighted by molar-refractivity contribution is 14.0. The van der Waals surface area contributed by atoms with E-state index in [1.165, 1.54) is 5.56 Å². The van der Waals surface area contributed by atoms with Crippen LogP contribution in [0, 0.1) is 6.92 Å². The second kappa shape index (κ2) is 10.9. The van der Waals surface area contributed by atoms with Crippen LogP contribution in [0.25, 0.3) is 0 Å². The standard InChI is InChI=1S/C17H25N5O.HI/c1-15-13-20-22(14-15)10-9-19-17(18-2)21(3)11-12-23-16-7-5-4-6-8-16;/h4-8,13-14H,9-12H2,1-3H3,(H,18,19);1H. The number of para-hydroxylation sites is 1. The molecule has 0 fully saturated rings. The number of hydrogen-bond donors (Lipinski definition) is 1. The molecule has 6 nitrogen and oxygen atoms in total. The van der Waals surface area contributed by atoms with E-state index in [0.717, 1.165) is 31.3 Å². The zero-order valence-corrected chi connectivity index (χ0v) is 16.8. The molecule has 1 heterocycles. The van der Waals surface area contributed by atoms with Gasteiger partial charge >= 0.3 is 0 Å². The van der Waals surface area contributed by atoms with Crippen molar-refractivity contribution in [1.29, 1.82) is 0 Å². The first-order valence-electron chi connectivity index (χ1n) is 7.77. The molecule has 0 atom stereocenters. The van der Waals surface area contributed by atoms with E-state index in [2.05, 4.69) is 20.3 Å². The van der Waals surface area contributed by atoms with Crippen molar-refractivity contribution in [3.05, 3.63) is 48.3 Å². The first kappa shape index (κ1) is 20.3. The van der Waals surface area contributed by atoms with Crippen LogP contribution < -0.4 is 10.1 Å². The Morgan fingerprint density at radius 1 is 1.33 bits per heavy atom. The smallest absolute Gasteiger partial charge is 0.193 e. The van der Waals surface area contributed by atoms with Gasteiger partial charge in [0.1, 0.15) is 12.4 Å². The summed E-state index contributed by atoms with van der Waals surface area (Å²) in [6.45, 7) is 4.99. The minimum atomic E-state index is 0. The van der Waals surface area contributed by atoms with Gasteiger partial charge in [0.05, 0.1) is 19.3 Å². The summed E-state index contributed by atoms with van der Waals surface area (Å²) in [4.78, 5) is 6.35. The Morgan fingerprint density at radius 3 is 2.71 bits per heavy atom. The lowest BCUT2D eigenvalue weighted by atomic mass is 10.3. The van der Waals surface area contributed by atoms with Crippen molar-refractivity contribution in [1.82, 2.24) is 20.0 Å². The van der Waals surface area contributed by atoms with Crippen LogP contribution in [0.15, 0.2) is 47.7 Å². The molecule has 0 radical (unpaired) electrons. The third kappa shape index (κ3) is 6.77. The van der Waals surface area contributed by atoms with Crippen LogP contribution in [-0.4, -0.2) is 54.4 Å². The van der Waals surface area contributed by atoms with E-state index in [0.29, 0.717) is 6.61 Å². The van der Waals surface area contributed by atoms with Crippen LogP contribution in [0.1, 0.15) is 5.56 Å². The zero-order chi connectivity index (χ0) is 16.5. The molecule has 0 aliphatic heterocycles. The van der Waals surface area contributed by atoms with Gasteiger partial charge in [-0.25, -0.2) is 0 Å². The third-order valence-electron chi connectivity index (χ3n) is 3.40. The van der Waals surface area contributed by atoms with Crippen LogP contribution >= 0.6 is 24.0 Å². The normalized spacial score (nSPS) is 10.9. The second-order valence-corrected chi connectivity index (χ2v) is 5.34. The Hall–Kier alpha value is -1.77. The lowest BCUT2D eigenvalue weighted by molar-refractivity contribution is 0.281. The lowest BCUT2D eigenvalue weighted by Gasteiger charge is -2.22. The van der Waals surface area contributed by atoms with Crippen LogP contribution in [0.2, 0.25) is 0 Å². The largest absolute Gasteiger partial charge is 0.492 e. The molecule has 0 bridgehead atoms. The molecular formula is C17H26IN5O. The first-order chi connectivity index (χ1) is 11.2. The zero-order valence-electron chi connectivity index (χ0n) is 14.5. The molecule has 1 aromatic heterocycles. The minimum Gasteiger partial charge on any atom is -0.492 e. The molecule has 132 valence electrons. The van der Waals surface area contributed by atoms with Gasteiger partial charge in [-0.15, -0.1) is 24.0 Å². The van der Waals surface area contributed by atoms with Crippen LogP contribution in [0.4, 0.5) is 0 Å². The summed E-state index contributed by atoms with van der Waals surface area (Å²) >= 11 is 0. The summed E-state index contributed by atoms with van der Waals surface area (Å²) < 4.78 is 7.63. The predicted molar refractivity (Wildman–Crippen MR) is 108 cm³/mol. The van der Waals surface area contributed by atoms with Gasteiger partial charge in [-0.2, -0.15) is 5.10 Å². The fourth-order valence-corrected chi connectivity index (χ4v) is 2.18. The Morgan fingerprint density at radius 2 is 2.08 bits per heavy atom. The van der Waals surface area contributed by atoms with Crippen molar-refractivity contribution < 1.29 is 4.74 Å². The highest BCUT2D eigenvalue weighted by Gasteiger charge is 2.05. The molecule has 0 unspecified atom stereocenters. The molecule has 0 saturated heterocycles. The molecule has 0 amide bonds. The fourth-order valence-electron chi connectivity index (χ4n) is 2.18. The van der Waals surface area contributed by atoms with Gasteiger partial charge in [0.25, 0.3) is 0 Å². The number of aliphatic imine (C=N–C) groups is 1. The molecule has 0 saturated carbocycles. The van der Waals surface area contributed by atoms with Gasteiger partial charge in [0.15, 0.2) is 5.96 Å². The van der Waals surface area contributed by atoms with Gasteiger partial charge in [-0.3, -0.25) is 9.67 Å². The van der Waals surface area contributed by atoms with E-state index in [4.69, 9.17) is 4.74 Å². The summed E-state index contributed by atoms with van der Waals surface area (Å²) in [5.74, 6) is 1.74. The summed E-state index contributed by atoms with van der Waals surface area (Å²) in [6.07, 6.45) is 3.89. The minimum absolute atomic E-state index is 0. The van der Waals surface area contributed by atoms with Gasteiger partial charge in [0, 0.05) is 26.8 Å². The maximum absolute atomic E-state index is 5.71. The molecule has 1 aromatic carbocycles. The summed E-state index contributed by atoms with van der Waals surface area (Å²) in [5.41, 5.74) is 1.17. The van der Waals surface area contributed by atoms with Crippen molar-refractivity contribution in [3.63, 3.8) is 0 Å². The van der Waals surface area contributed by atoms with Crippen molar-refractivity contribution in [2.45, 2.75) is 13.5 Å². The van der Waals surface area contributed by atoms with E-state index in [1.807, 2.05) is 61.4 Å². The molecule has 1 N–H and O–H groups in total. The highest BCUT2D eigenvalue weighted by atomic mass is 127. The number of hydrogen-bond acceptors (Lipinski definition) is 3. The molecule has 2 aromatic rings. The Labute approximate surface area is 160 Å². The lowest BCUT2D eigenvalue weighted by Crippen LogP contribution is -2.42. The van der Waals surface area contributed by atoms with Crippen LogP contribution in [0.3, 0.4) is 0 Å². The first-order valence-corrected chi connectivity index (χ1v) is 7.77. The molecule has 0 aliphatic rings. The van der Waals surface area contributed by atoms with Crippen molar-refractivity contribution >= 4 is 29.9 Å². The fraction of sp³-hybridized carbons (Fsp3) is 0.412. The van der Waals surface area contributed by atoms with E-state index in [9.17, 15) is 0 Å². The number of benzene rings is 1. The molecule has 7 heteroatoms.